The summed E-state index contributed by atoms with van der Waals surface area (Å²) in [4.78, 5) is 22.8. The van der Waals surface area contributed by atoms with Gasteiger partial charge in [-0.05, 0) is 31.2 Å². The molecule has 1 aromatic heterocycles. The molecule has 8 nitrogen and oxygen atoms in total. The lowest BCUT2D eigenvalue weighted by Crippen LogP contribution is -2.29. The molecule has 2 rings (SSSR count). The van der Waals surface area contributed by atoms with Crippen LogP contribution >= 0.6 is 0 Å². The lowest BCUT2D eigenvalue weighted by Gasteiger charge is -2.14. The van der Waals surface area contributed by atoms with Gasteiger partial charge in [0.1, 0.15) is 18.3 Å². The highest BCUT2D eigenvalue weighted by atomic mass is 16.5. The minimum atomic E-state index is -1.03. The number of benzene rings is 1. The number of nitrogens with one attached hydrogen (secondary N) is 1. The van der Waals surface area contributed by atoms with Gasteiger partial charge in [-0.15, -0.1) is 0 Å². The molecule has 1 atom stereocenters. The number of fused-ring (bicyclic) bond motifs is 1. The van der Waals surface area contributed by atoms with Gasteiger partial charge in [0.15, 0.2) is 0 Å². The van der Waals surface area contributed by atoms with Crippen LogP contribution in [0.15, 0.2) is 24.4 Å². The number of aliphatic carboxylic acids is 2. The topological polar surface area (TPSA) is 110 Å². The Balaban J connectivity index is 2.44. The number of hydrogen-bond acceptors (Lipinski definition) is 5. The molecular formula is C17H22N2O6. The molecule has 0 bridgehead atoms. The predicted molar refractivity (Wildman–Crippen MR) is 91.0 cm³/mol. The molecule has 1 aromatic carbocycles. The third-order valence-corrected chi connectivity index (χ3v) is 3.86. The maximum absolute atomic E-state index is 11.7. The summed E-state index contributed by atoms with van der Waals surface area (Å²) in [5.41, 5.74) is 1.14. The molecule has 0 saturated heterocycles. The molecule has 0 radical (unpaired) electrons. The fourth-order valence-electron chi connectivity index (χ4n) is 2.73. The van der Waals surface area contributed by atoms with Crippen molar-refractivity contribution in [3.05, 3.63) is 30.0 Å². The molecule has 3 N–H and O–H groups in total. The van der Waals surface area contributed by atoms with Crippen molar-refractivity contribution < 1.29 is 29.3 Å². The molecule has 25 heavy (non-hydrogen) atoms. The van der Waals surface area contributed by atoms with E-state index in [9.17, 15) is 14.7 Å². The van der Waals surface area contributed by atoms with Gasteiger partial charge < -0.3 is 29.6 Å². The zero-order valence-corrected chi connectivity index (χ0v) is 14.2. The highest BCUT2D eigenvalue weighted by Crippen LogP contribution is 2.30. The van der Waals surface area contributed by atoms with E-state index < -0.39 is 18.0 Å². The Labute approximate surface area is 145 Å². The summed E-state index contributed by atoms with van der Waals surface area (Å²) >= 11 is 0. The molecule has 0 spiro atoms. The van der Waals surface area contributed by atoms with Gasteiger partial charge in [-0.25, -0.2) is 0 Å². The predicted octanol–water partition coefficient (Wildman–Crippen LogP) is 1.49. The van der Waals surface area contributed by atoms with Crippen LogP contribution in [0, 0.1) is 0 Å². The Kier molecular flexibility index (Phi) is 6.37. The number of carboxylic acids is 2. The molecule has 0 amide bonds. The Morgan fingerprint density at radius 1 is 1.28 bits per heavy atom. The molecule has 0 fully saturated rings. The SMILES string of the molecule is COCCCN[C@@H](C(=O)O)c1cn(CC(=O)O)c2ccc(OC)cc12. The second kappa shape index (κ2) is 8.50. The van der Waals surface area contributed by atoms with Crippen molar-refractivity contribution in [1.82, 2.24) is 9.88 Å². The lowest BCUT2D eigenvalue weighted by molar-refractivity contribution is -0.139. The van der Waals surface area contributed by atoms with Gasteiger partial charge in [-0.1, -0.05) is 0 Å². The third-order valence-electron chi connectivity index (χ3n) is 3.86. The average Bonchev–Trinajstić information content (AvgIpc) is 2.91. The van der Waals surface area contributed by atoms with E-state index in [0.29, 0.717) is 41.8 Å². The first-order valence-electron chi connectivity index (χ1n) is 7.81. The van der Waals surface area contributed by atoms with E-state index in [1.54, 1.807) is 31.5 Å². The van der Waals surface area contributed by atoms with Crippen LogP contribution < -0.4 is 10.1 Å². The van der Waals surface area contributed by atoms with Crippen LogP contribution in [0.2, 0.25) is 0 Å². The second-order valence-corrected chi connectivity index (χ2v) is 5.56. The van der Waals surface area contributed by atoms with E-state index in [2.05, 4.69) is 5.32 Å². The largest absolute Gasteiger partial charge is 0.497 e. The number of methoxy groups -OCH3 is 2. The van der Waals surface area contributed by atoms with Crippen LogP contribution in [0.3, 0.4) is 0 Å². The second-order valence-electron chi connectivity index (χ2n) is 5.56. The Morgan fingerprint density at radius 3 is 2.64 bits per heavy atom. The van der Waals surface area contributed by atoms with Gasteiger partial charge in [0.2, 0.25) is 0 Å². The van der Waals surface area contributed by atoms with E-state index in [4.69, 9.17) is 14.6 Å². The standard InChI is InChI=1S/C17H22N2O6/c1-24-7-3-6-18-16(17(22)23)13-9-19(10-15(20)21)14-5-4-11(25-2)8-12(13)14/h4-5,8-9,16,18H,3,6-7,10H2,1-2H3,(H,20,21)(H,22,23)/t16-/m1/s1. The monoisotopic (exact) mass is 350 g/mol. The first-order valence-corrected chi connectivity index (χ1v) is 7.81. The van der Waals surface area contributed by atoms with E-state index in [-0.39, 0.29) is 6.54 Å². The van der Waals surface area contributed by atoms with Crippen LogP contribution in [-0.4, -0.2) is 54.1 Å². The molecule has 0 unspecified atom stereocenters. The van der Waals surface area contributed by atoms with E-state index in [1.165, 1.54) is 11.7 Å². The highest BCUT2D eigenvalue weighted by molar-refractivity contribution is 5.91. The summed E-state index contributed by atoms with van der Waals surface area (Å²) in [6, 6.07) is 4.20. The zero-order valence-electron chi connectivity index (χ0n) is 14.2. The maximum atomic E-state index is 11.7. The molecule has 0 aliphatic rings. The molecule has 8 heteroatoms. The molecule has 136 valence electrons. The van der Waals surface area contributed by atoms with Crippen molar-refractivity contribution >= 4 is 22.8 Å². The molecule has 0 aliphatic carbocycles. The summed E-state index contributed by atoms with van der Waals surface area (Å²) < 4.78 is 11.7. The lowest BCUT2D eigenvalue weighted by atomic mass is 10.1. The van der Waals surface area contributed by atoms with Gasteiger partial charge in [-0.3, -0.25) is 9.59 Å². The smallest absolute Gasteiger partial charge is 0.325 e. The zero-order chi connectivity index (χ0) is 18.4. The summed E-state index contributed by atoms with van der Waals surface area (Å²) in [7, 11) is 3.10. The van der Waals surface area contributed by atoms with Gasteiger partial charge in [0.05, 0.1) is 7.11 Å². The van der Waals surface area contributed by atoms with Crippen molar-refractivity contribution in [1.29, 1.82) is 0 Å². The van der Waals surface area contributed by atoms with Crippen LogP contribution in [0.25, 0.3) is 10.9 Å². The number of aromatic nitrogens is 1. The number of hydrogen-bond donors (Lipinski definition) is 3. The summed E-state index contributed by atoms with van der Waals surface area (Å²) in [6.07, 6.45) is 2.23. The van der Waals surface area contributed by atoms with E-state index in [0.717, 1.165) is 0 Å². The Morgan fingerprint density at radius 2 is 2.04 bits per heavy atom. The van der Waals surface area contributed by atoms with E-state index in [1.807, 2.05) is 0 Å². The maximum Gasteiger partial charge on any atom is 0.325 e. The minimum absolute atomic E-state index is 0.251. The first-order chi connectivity index (χ1) is 12.0. The number of rotatable bonds is 10. The van der Waals surface area contributed by atoms with Crippen molar-refractivity contribution in [2.45, 2.75) is 19.0 Å². The normalized spacial score (nSPS) is 12.2. The third kappa shape index (κ3) is 4.49. The number of ether oxygens (including phenoxy) is 2. The van der Waals surface area contributed by atoms with Gasteiger partial charge >= 0.3 is 11.9 Å². The van der Waals surface area contributed by atoms with E-state index >= 15 is 0 Å². The van der Waals surface area contributed by atoms with Crippen LogP contribution in [0.1, 0.15) is 18.0 Å². The fourth-order valence-corrected chi connectivity index (χ4v) is 2.73. The van der Waals surface area contributed by atoms with Crippen molar-refractivity contribution in [3.8, 4) is 5.75 Å². The molecule has 0 saturated carbocycles. The number of carboxylic acid groups (broad SMARTS) is 2. The molecular weight excluding hydrogens is 328 g/mol. The molecule has 0 aliphatic heterocycles. The number of carbonyl (C=O) groups is 2. The van der Waals surface area contributed by atoms with Gasteiger partial charge in [0.25, 0.3) is 0 Å². The minimum Gasteiger partial charge on any atom is -0.497 e. The molecule has 2 aromatic rings. The van der Waals surface area contributed by atoms with Crippen LogP contribution in [0.5, 0.6) is 5.75 Å². The Hall–Kier alpha value is -2.58. The van der Waals surface area contributed by atoms with Crippen LogP contribution in [-0.2, 0) is 20.9 Å². The fraction of sp³-hybridized carbons (Fsp3) is 0.412. The Bertz CT molecular complexity index is 755. The van der Waals surface area contributed by atoms with Gasteiger partial charge in [-0.2, -0.15) is 0 Å². The highest BCUT2D eigenvalue weighted by Gasteiger charge is 2.24. The van der Waals surface area contributed by atoms with Gasteiger partial charge in [0, 0.05) is 36.4 Å². The van der Waals surface area contributed by atoms with Crippen LogP contribution in [0.4, 0.5) is 0 Å². The van der Waals surface area contributed by atoms with Crippen molar-refractivity contribution in [3.63, 3.8) is 0 Å². The van der Waals surface area contributed by atoms with Crippen molar-refractivity contribution in [2.75, 3.05) is 27.4 Å². The van der Waals surface area contributed by atoms with Crippen molar-refractivity contribution in [2.24, 2.45) is 0 Å². The number of nitrogens with zero attached hydrogens (tertiary/aromatic N) is 1. The summed E-state index contributed by atoms with van der Waals surface area (Å²) in [6.45, 7) is 0.729. The quantitative estimate of drug-likeness (QED) is 0.557. The summed E-state index contributed by atoms with van der Waals surface area (Å²) in [5, 5.41) is 22.3. The molecule has 1 heterocycles. The summed E-state index contributed by atoms with van der Waals surface area (Å²) in [5.74, 6) is -1.46. The first kappa shape index (κ1) is 18.8. The average molecular weight is 350 g/mol.